The largest absolute Gasteiger partial charge is 0.392 e. The summed E-state index contributed by atoms with van der Waals surface area (Å²) in [6, 6.07) is 1.27. The highest BCUT2D eigenvalue weighted by Gasteiger charge is 2.36. The molecule has 0 aromatic carbocycles. The number of piperazine rings is 1. The third kappa shape index (κ3) is 43.2. The van der Waals surface area contributed by atoms with E-state index >= 15 is 0 Å². The first-order valence-corrected chi connectivity index (χ1v) is 40.4. The van der Waals surface area contributed by atoms with Crippen molar-refractivity contribution in [2.24, 2.45) is 11.8 Å². The molecule has 2 aliphatic carbocycles. The lowest BCUT2D eigenvalue weighted by Gasteiger charge is -2.49. The van der Waals surface area contributed by atoms with Crippen molar-refractivity contribution in [1.82, 2.24) is 19.6 Å². The molecule has 500 valence electrons. The van der Waals surface area contributed by atoms with Gasteiger partial charge < -0.3 is 20.4 Å². The zero-order valence-corrected chi connectivity index (χ0v) is 58.5. The Morgan fingerprint density at radius 3 is 0.845 bits per heavy atom. The third-order valence-corrected chi connectivity index (χ3v) is 22.1. The van der Waals surface area contributed by atoms with Crippen molar-refractivity contribution in [3.63, 3.8) is 0 Å². The molecule has 0 spiro atoms. The van der Waals surface area contributed by atoms with E-state index in [4.69, 9.17) is 0 Å². The summed E-state index contributed by atoms with van der Waals surface area (Å²) in [6.07, 6.45) is 60.7. The second-order valence-corrected chi connectivity index (χ2v) is 30.6. The van der Waals surface area contributed by atoms with Crippen molar-refractivity contribution in [2.45, 2.75) is 372 Å². The average molecular weight is 1220 g/mol. The van der Waals surface area contributed by atoms with E-state index < -0.39 is 0 Å². The standard InChI is InChI=1S/C74H148N4O4S2/c1-5-9-13-17-21-25-29-39-47-71(79)63-75(64-72(80)48-40-30-26-22-18-14-10-6-2)51-55-83-57-53-77-61-70(60-68-45-37-34-38-46-68)78(62-69(77)59-67-43-35-33-36-44-67)54-58-84-56-52-76(65-73(81)49-41-31-27-23-19-15-11-7-3)66-74(82)50-42-32-28-24-20-16-12-8-4/h67-74,79-82H,5-66H2,1-4H3. The summed E-state index contributed by atoms with van der Waals surface area (Å²) in [5.74, 6) is 6.21. The quantitative estimate of drug-likeness (QED) is 0.0441. The average Bonchev–Trinajstić information content (AvgIpc) is 3.59. The number of aliphatic hydroxyl groups is 4. The lowest BCUT2D eigenvalue weighted by Crippen LogP contribution is -2.59. The van der Waals surface area contributed by atoms with Gasteiger partial charge in [-0.3, -0.25) is 19.6 Å². The van der Waals surface area contributed by atoms with Gasteiger partial charge in [-0.2, -0.15) is 23.5 Å². The topological polar surface area (TPSA) is 93.9 Å². The van der Waals surface area contributed by atoms with E-state index in [1.165, 1.54) is 295 Å². The van der Waals surface area contributed by atoms with Crippen molar-refractivity contribution >= 4 is 23.5 Å². The fourth-order valence-corrected chi connectivity index (χ4v) is 16.7. The lowest BCUT2D eigenvalue weighted by atomic mass is 9.81. The summed E-state index contributed by atoms with van der Waals surface area (Å²) in [5.41, 5.74) is 0. The molecule has 0 radical (unpaired) electrons. The van der Waals surface area contributed by atoms with Gasteiger partial charge in [0.05, 0.1) is 24.4 Å². The van der Waals surface area contributed by atoms with Gasteiger partial charge in [0.2, 0.25) is 0 Å². The summed E-state index contributed by atoms with van der Waals surface area (Å²) >= 11 is 4.25. The van der Waals surface area contributed by atoms with Crippen molar-refractivity contribution in [1.29, 1.82) is 0 Å². The van der Waals surface area contributed by atoms with E-state index in [1.54, 1.807) is 0 Å². The van der Waals surface area contributed by atoms with Crippen LogP contribution < -0.4 is 0 Å². The summed E-state index contributed by atoms with van der Waals surface area (Å²) in [4.78, 5) is 10.9. The van der Waals surface area contributed by atoms with Crippen LogP contribution in [0.2, 0.25) is 0 Å². The zero-order valence-electron chi connectivity index (χ0n) is 56.9. The molecule has 1 heterocycles. The lowest BCUT2D eigenvalue weighted by molar-refractivity contribution is 0.0113. The normalized spacial score (nSPS) is 19.5. The summed E-state index contributed by atoms with van der Waals surface area (Å²) in [5, 5.41) is 45.4. The molecule has 84 heavy (non-hydrogen) atoms. The minimum atomic E-state index is -0.307. The Morgan fingerprint density at radius 1 is 0.333 bits per heavy atom. The van der Waals surface area contributed by atoms with Crippen LogP contribution in [0.5, 0.6) is 0 Å². The molecule has 3 aliphatic rings. The molecule has 6 atom stereocenters. The monoisotopic (exact) mass is 1220 g/mol. The minimum absolute atomic E-state index is 0.307. The van der Waals surface area contributed by atoms with Crippen molar-refractivity contribution in [2.75, 3.05) is 88.5 Å². The van der Waals surface area contributed by atoms with Crippen LogP contribution >= 0.6 is 23.5 Å². The minimum Gasteiger partial charge on any atom is -0.392 e. The number of hydrogen-bond acceptors (Lipinski definition) is 10. The highest BCUT2D eigenvalue weighted by Crippen LogP contribution is 2.35. The first kappa shape index (κ1) is 78.6. The summed E-state index contributed by atoms with van der Waals surface area (Å²) < 4.78 is 0. The van der Waals surface area contributed by atoms with Crippen molar-refractivity contribution in [3.8, 4) is 0 Å². The summed E-state index contributed by atoms with van der Waals surface area (Å²) in [6.45, 7) is 18.7. The molecule has 0 aromatic rings. The van der Waals surface area contributed by atoms with Gasteiger partial charge in [-0.05, 0) is 50.4 Å². The molecular formula is C74H148N4O4S2. The van der Waals surface area contributed by atoms with Gasteiger partial charge in [0, 0.05) is 101 Å². The molecule has 1 aliphatic heterocycles. The van der Waals surface area contributed by atoms with Crippen LogP contribution in [0.25, 0.3) is 0 Å². The van der Waals surface area contributed by atoms with E-state index in [-0.39, 0.29) is 24.4 Å². The smallest absolute Gasteiger partial charge is 0.0667 e. The van der Waals surface area contributed by atoms with Gasteiger partial charge >= 0.3 is 0 Å². The van der Waals surface area contributed by atoms with Crippen molar-refractivity contribution in [3.05, 3.63) is 0 Å². The number of unbranched alkanes of at least 4 members (excludes halogenated alkanes) is 28. The van der Waals surface area contributed by atoms with Gasteiger partial charge in [-0.1, -0.05) is 297 Å². The highest BCUT2D eigenvalue weighted by molar-refractivity contribution is 7.99. The Balaban J connectivity index is 1.60. The number of thioether (sulfide) groups is 2. The van der Waals surface area contributed by atoms with Gasteiger partial charge in [0.1, 0.15) is 0 Å². The van der Waals surface area contributed by atoms with E-state index in [9.17, 15) is 20.4 Å². The highest BCUT2D eigenvalue weighted by atomic mass is 32.2. The molecule has 8 nitrogen and oxygen atoms in total. The third-order valence-electron chi connectivity index (χ3n) is 20.2. The molecule has 2 saturated carbocycles. The van der Waals surface area contributed by atoms with Crippen molar-refractivity contribution < 1.29 is 20.4 Å². The van der Waals surface area contributed by atoms with Crippen LogP contribution in [-0.4, -0.2) is 165 Å². The molecule has 0 aromatic heterocycles. The first-order chi connectivity index (χ1) is 41.2. The Labute approximate surface area is 533 Å². The molecule has 6 unspecified atom stereocenters. The predicted octanol–water partition coefficient (Wildman–Crippen LogP) is 18.9. The van der Waals surface area contributed by atoms with Crippen LogP contribution in [0.3, 0.4) is 0 Å². The molecule has 10 heteroatoms. The molecule has 3 rings (SSSR count). The van der Waals surface area contributed by atoms with Crippen LogP contribution in [-0.2, 0) is 0 Å². The second kappa shape index (κ2) is 56.2. The maximum absolute atomic E-state index is 11.4. The second-order valence-electron chi connectivity index (χ2n) is 28.2. The van der Waals surface area contributed by atoms with Gasteiger partial charge in [-0.15, -0.1) is 0 Å². The fraction of sp³-hybridized carbons (Fsp3) is 1.00. The number of rotatable bonds is 60. The maximum Gasteiger partial charge on any atom is 0.0667 e. The predicted molar refractivity (Wildman–Crippen MR) is 374 cm³/mol. The van der Waals surface area contributed by atoms with Crippen LogP contribution in [0.15, 0.2) is 0 Å². The Bertz CT molecular complexity index is 1220. The Kier molecular flexibility index (Phi) is 52.6. The van der Waals surface area contributed by atoms with E-state index in [1.807, 2.05) is 0 Å². The SMILES string of the molecule is CCCCCCCCCCC(O)CN(CCSCCN1CC(CC2CCCCC2)N(CCSCCN(CC(O)CCCCCCCCCC)CC(O)CCCCCCCCCC)CC1CC1CCCCC1)CC(O)CCCCCCCCCC. The van der Waals surface area contributed by atoms with Crippen LogP contribution in [0.4, 0.5) is 0 Å². The Hall–Kier alpha value is 0.380. The number of hydrogen-bond donors (Lipinski definition) is 4. The number of aliphatic hydroxyl groups excluding tert-OH is 4. The first-order valence-electron chi connectivity index (χ1n) is 38.0. The molecule has 0 bridgehead atoms. The van der Waals surface area contributed by atoms with E-state index in [0.717, 1.165) is 87.8 Å². The molecular weight excluding hydrogens is 1070 g/mol. The van der Waals surface area contributed by atoms with Gasteiger partial charge in [0.15, 0.2) is 0 Å². The van der Waals surface area contributed by atoms with Crippen LogP contribution in [0.1, 0.15) is 336 Å². The maximum atomic E-state index is 11.4. The molecule has 0 amide bonds. The zero-order chi connectivity index (χ0) is 60.2. The molecule has 3 fully saturated rings. The Morgan fingerprint density at radius 2 is 0.583 bits per heavy atom. The van der Waals surface area contributed by atoms with E-state index in [0.29, 0.717) is 38.3 Å². The van der Waals surface area contributed by atoms with Gasteiger partial charge in [0.25, 0.3) is 0 Å². The van der Waals surface area contributed by atoms with E-state index in [2.05, 4.69) is 70.8 Å². The molecule has 1 saturated heterocycles. The summed E-state index contributed by atoms with van der Waals surface area (Å²) in [7, 11) is 0. The van der Waals surface area contributed by atoms with Crippen LogP contribution in [0, 0.1) is 11.8 Å². The number of nitrogens with zero attached hydrogens (tertiary/aromatic N) is 4. The van der Waals surface area contributed by atoms with Gasteiger partial charge in [-0.25, -0.2) is 0 Å². The molecule has 4 N–H and O–H groups in total. The fourth-order valence-electron chi connectivity index (χ4n) is 14.8.